The Balaban J connectivity index is 1.96. The highest BCUT2D eigenvalue weighted by atomic mass is 32.2. The van der Waals surface area contributed by atoms with Crippen LogP contribution in [0.15, 0.2) is 29.2 Å². The zero-order valence-corrected chi connectivity index (χ0v) is 15.2. The van der Waals surface area contributed by atoms with Crippen LogP contribution < -0.4 is 4.72 Å². The summed E-state index contributed by atoms with van der Waals surface area (Å²) in [6.45, 7) is 4.90. The van der Waals surface area contributed by atoms with Gasteiger partial charge in [0.05, 0.1) is 10.6 Å². The average molecular weight is 361 g/mol. The quantitative estimate of drug-likeness (QED) is 0.799. The second-order valence-electron chi connectivity index (χ2n) is 5.84. The van der Waals surface area contributed by atoms with E-state index in [0.29, 0.717) is 18.9 Å². The third-order valence-corrected chi connectivity index (χ3v) is 7.66. The number of rotatable bonds is 7. The van der Waals surface area contributed by atoms with Crippen LogP contribution in [0.3, 0.4) is 0 Å². The Morgan fingerprint density at radius 2 is 1.91 bits per heavy atom. The predicted molar refractivity (Wildman–Crippen MR) is 90.3 cm³/mol. The second kappa shape index (κ2) is 7.29. The molecule has 0 bridgehead atoms. The van der Waals surface area contributed by atoms with Gasteiger partial charge >= 0.3 is 0 Å². The third-order valence-electron chi connectivity index (χ3n) is 4.23. The molecule has 0 saturated carbocycles. The van der Waals surface area contributed by atoms with Crippen LogP contribution in [0.25, 0.3) is 0 Å². The summed E-state index contributed by atoms with van der Waals surface area (Å²) in [7, 11) is -6.80. The third kappa shape index (κ3) is 4.53. The Bertz CT molecular complexity index is 727. The Morgan fingerprint density at radius 1 is 1.26 bits per heavy atom. The van der Waals surface area contributed by atoms with E-state index in [1.54, 1.807) is 12.1 Å². The summed E-state index contributed by atoms with van der Waals surface area (Å²) in [6.07, 6.45) is 1.60. The van der Waals surface area contributed by atoms with Crippen LogP contribution in [-0.2, 0) is 20.0 Å². The number of sulfonamides is 2. The maximum atomic E-state index is 12.2. The van der Waals surface area contributed by atoms with Gasteiger partial charge in [-0.15, -0.1) is 0 Å². The van der Waals surface area contributed by atoms with Crippen molar-refractivity contribution in [2.24, 2.45) is 0 Å². The van der Waals surface area contributed by atoms with Crippen molar-refractivity contribution in [2.45, 2.75) is 37.5 Å². The zero-order valence-electron chi connectivity index (χ0n) is 13.5. The number of hydrogen-bond donors (Lipinski definition) is 1. The highest BCUT2D eigenvalue weighted by molar-refractivity contribution is 7.89. The van der Waals surface area contributed by atoms with Gasteiger partial charge in [-0.25, -0.2) is 25.9 Å². The summed E-state index contributed by atoms with van der Waals surface area (Å²) in [6, 6.07) is 6.84. The highest BCUT2D eigenvalue weighted by Gasteiger charge is 2.28. The minimum Gasteiger partial charge on any atom is -0.212 e. The lowest BCUT2D eigenvalue weighted by Gasteiger charge is -2.15. The molecule has 23 heavy (non-hydrogen) atoms. The molecule has 1 heterocycles. The van der Waals surface area contributed by atoms with E-state index in [4.69, 9.17) is 0 Å². The molecule has 1 saturated heterocycles. The monoisotopic (exact) mass is 360 g/mol. The minimum atomic E-state index is -3.61. The summed E-state index contributed by atoms with van der Waals surface area (Å²) in [5, 5.41) is 0. The van der Waals surface area contributed by atoms with Gasteiger partial charge in [-0.2, -0.15) is 0 Å². The maximum Gasteiger partial charge on any atom is 0.240 e. The summed E-state index contributed by atoms with van der Waals surface area (Å²) < 4.78 is 51.6. The van der Waals surface area contributed by atoms with Gasteiger partial charge in [0, 0.05) is 19.6 Å². The lowest BCUT2D eigenvalue weighted by atomic mass is 9.99. The van der Waals surface area contributed by atoms with Gasteiger partial charge in [0.15, 0.2) is 0 Å². The van der Waals surface area contributed by atoms with Gasteiger partial charge in [-0.3, -0.25) is 0 Å². The Labute approximate surface area is 139 Å². The Kier molecular flexibility index (Phi) is 5.83. The molecule has 1 aromatic carbocycles. The molecule has 1 fully saturated rings. The number of benzene rings is 1. The summed E-state index contributed by atoms with van der Waals surface area (Å²) in [5.41, 5.74) is 1.11. The molecule has 8 heteroatoms. The topological polar surface area (TPSA) is 83.6 Å². The first kappa shape index (κ1) is 18.4. The summed E-state index contributed by atoms with van der Waals surface area (Å²) >= 11 is 0. The van der Waals surface area contributed by atoms with E-state index in [-0.39, 0.29) is 23.7 Å². The molecule has 0 amide bonds. The lowest BCUT2D eigenvalue weighted by Crippen LogP contribution is -2.35. The van der Waals surface area contributed by atoms with Crippen molar-refractivity contribution in [1.29, 1.82) is 0 Å². The fraction of sp³-hybridized carbons (Fsp3) is 0.600. The molecule has 0 spiro atoms. The molecule has 1 aliphatic heterocycles. The van der Waals surface area contributed by atoms with Crippen molar-refractivity contribution in [1.82, 2.24) is 9.03 Å². The van der Waals surface area contributed by atoms with Gasteiger partial charge in [0.25, 0.3) is 0 Å². The molecule has 1 aliphatic rings. The number of nitrogens with zero attached hydrogens (tertiary/aromatic N) is 1. The molecule has 1 N–H and O–H groups in total. The second-order valence-corrected chi connectivity index (χ2v) is 9.70. The molecule has 2 rings (SSSR count). The van der Waals surface area contributed by atoms with Crippen LogP contribution in [0, 0.1) is 0 Å². The molecule has 130 valence electrons. The lowest BCUT2D eigenvalue weighted by molar-refractivity contribution is 0.444. The van der Waals surface area contributed by atoms with E-state index in [1.807, 2.05) is 12.1 Å². The van der Waals surface area contributed by atoms with Crippen LogP contribution in [0.2, 0.25) is 0 Å². The van der Waals surface area contributed by atoms with Crippen molar-refractivity contribution in [2.75, 3.05) is 25.4 Å². The van der Waals surface area contributed by atoms with Crippen LogP contribution in [-0.4, -0.2) is 46.5 Å². The van der Waals surface area contributed by atoms with Gasteiger partial charge < -0.3 is 0 Å². The SMILES string of the molecule is CCC(C)c1ccc(S(=O)(=O)NCCN2CCCS2(=O)=O)cc1. The first-order chi connectivity index (χ1) is 10.8. The summed E-state index contributed by atoms with van der Waals surface area (Å²) in [4.78, 5) is 0.203. The van der Waals surface area contributed by atoms with Gasteiger partial charge in [0.1, 0.15) is 0 Å². The average Bonchev–Trinajstić information content (AvgIpc) is 2.85. The number of nitrogens with one attached hydrogen (secondary N) is 1. The number of hydrogen-bond acceptors (Lipinski definition) is 4. The van der Waals surface area contributed by atoms with E-state index in [2.05, 4.69) is 18.6 Å². The van der Waals surface area contributed by atoms with Crippen molar-refractivity contribution in [3.8, 4) is 0 Å². The van der Waals surface area contributed by atoms with Crippen molar-refractivity contribution in [3.63, 3.8) is 0 Å². The standard InChI is InChI=1S/C15H24N2O4S2/c1-3-13(2)14-5-7-15(8-6-14)23(20,21)16-9-11-17-10-4-12-22(17,18)19/h5-8,13,16H,3-4,9-12H2,1-2H3. The normalized spacial score (nSPS) is 19.7. The van der Waals surface area contributed by atoms with Crippen LogP contribution in [0.4, 0.5) is 0 Å². The molecule has 1 aromatic rings. The fourth-order valence-electron chi connectivity index (χ4n) is 2.54. The fourth-order valence-corrected chi connectivity index (χ4v) is 5.09. The van der Waals surface area contributed by atoms with Crippen molar-refractivity contribution >= 4 is 20.0 Å². The zero-order chi connectivity index (χ0) is 17.1. The van der Waals surface area contributed by atoms with Crippen molar-refractivity contribution in [3.05, 3.63) is 29.8 Å². The predicted octanol–water partition coefficient (Wildman–Crippen LogP) is 1.51. The Hall–Kier alpha value is -0.960. The molecule has 0 radical (unpaired) electrons. The van der Waals surface area contributed by atoms with E-state index >= 15 is 0 Å². The Morgan fingerprint density at radius 3 is 2.43 bits per heavy atom. The van der Waals surface area contributed by atoms with E-state index in [9.17, 15) is 16.8 Å². The smallest absolute Gasteiger partial charge is 0.212 e. The van der Waals surface area contributed by atoms with E-state index in [0.717, 1.165) is 12.0 Å². The maximum absolute atomic E-state index is 12.2. The van der Waals surface area contributed by atoms with Crippen molar-refractivity contribution < 1.29 is 16.8 Å². The largest absolute Gasteiger partial charge is 0.240 e. The summed E-state index contributed by atoms with van der Waals surface area (Å²) in [5.74, 6) is 0.539. The molecule has 1 unspecified atom stereocenters. The molecule has 0 aliphatic carbocycles. The minimum absolute atomic E-state index is 0.0781. The molecular formula is C15H24N2O4S2. The van der Waals surface area contributed by atoms with Crippen LogP contribution in [0.5, 0.6) is 0 Å². The first-order valence-electron chi connectivity index (χ1n) is 7.83. The van der Waals surface area contributed by atoms with Crippen LogP contribution in [0.1, 0.15) is 38.2 Å². The van der Waals surface area contributed by atoms with Gasteiger partial charge in [-0.05, 0) is 36.5 Å². The van der Waals surface area contributed by atoms with Crippen LogP contribution >= 0.6 is 0 Å². The molecular weight excluding hydrogens is 336 g/mol. The molecule has 1 atom stereocenters. The van der Waals surface area contributed by atoms with E-state index < -0.39 is 20.0 Å². The first-order valence-corrected chi connectivity index (χ1v) is 10.9. The van der Waals surface area contributed by atoms with Gasteiger partial charge in [0.2, 0.25) is 20.0 Å². The van der Waals surface area contributed by atoms with E-state index in [1.165, 1.54) is 4.31 Å². The highest BCUT2D eigenvalue weighted by Crippen LogP contribution is 2.20. The molecule has 0 aromatic heterocycles. The molecule has 6 nitrogen and oxygen atoms in total. The van der Waals surface area contributed by atoms with Gasteiger partial charge in [-0.1, -0.05) is 26.0 Å².